The van der Waals surface area contributed by atoms with Crippen molar-refractivity contribution in [1.29, 1.82) is 0 Å². The Balaban J connectivity index is 0.000000191. The quantitative estimate of drug-likeness (QED) is 0.0635. The fourth-order valence-electron chi connectivity index (χ4n) is 10.9. The maximum absolute atomic E-state index is 16.5. The molecule has 4 unspecified atom stereocenters. The summed E-state index contributed by atoms with van der Waals surface area (Å²) in [5.74, 6) is -7.57. The van der Waals surface area contributed by atoms with Gasteiger partial charge in [-0.1, -0.05) is 112 Å². The van der Waals surface area contributed by atoms with Crippen molar-refractivity contribution in [3.63, 3.8) is 0 Å². The van der Waals surface area contributed by atoms with E-state index in [4.69, 9.17) is 42.0 Å². The number of benzene rings is 4. The van der Waals surface area contributed by atoms with Crippen molar-refractivity contribution >= 4 is 61.7 Å². The molecule has 0 spiro atoms. The molecule has 4 aliphatic heterocycles. The van der Waals surface area contributed by atoms with E-state index in [-0.39, 0.29) is 56.1 Å². The van der Waals surface area contributed by atoms with Crippen LogP contribution < -0.4 is 10.6 Å². The largest absolute Gasteiger partial charge is 0.390 e. The van der Waals surface area contributed by atoms with E-state index in [1.807, 2.05) is 42.5 Å². The number of anilines is 2. The third-order valence-corrected chi connectivity index (χ3v) is 18.0. The Kier molecular flexibility index (Phi) is 22.7. The van der Waals surface area contributed by atoms with E-state index >= 15 is 8.78 Å². The number of rotatable bonds is 19. The number of amides is 2. The van der Waals surface area contributed by atoms with Crippen LogP contribution in [0.15, 0.2) is 147 Å². The molecule has 2 amide bonds. The van der Waals surface area contributed by atoms with Crippen LogP contribution in [0.3, 0.4) is 0 Å². The molecule has 494 valence electrons. The smallest absolute Gasteiger partial charge is 0.328 e. The molecular weight excluding hydrogens is 1230 g/mol. The Hall–Kier alpha value is -7.00. The Morgan fingerprint density at radius 3 is 1.43 bits per heavy atom. The molecule has 12 rings (SSSR count). The fraction of sp³-hybridized carbons (Fsp3) is 0.438. The summed E-state index contributed by atoms with van der Waals surface area (Å²) < 4.78 is 102. The number of aliphatic hydroxyl groups excluding tert-OH is 1. The second kappa shape index (κ2) is 29.5. The van der Waals surface area contributed by atoms with Crippen LogP contribution in [-0.2, 0) is 59.8 Å². The van der Waals surface area contributed by atoms with E-state index in [9.17, 15) is 19.3 Å². The summed E-state index contributed by atoms with van der Waals surface area (Å²) in [5.41, 5.74) is 4.06. The highest BCUT2D eigenvalue weighted by Gasteiger charge is 2.66. The van der Waals surface area contributed by atoms with Gasteiger partial charge in [-0.2, -0.15) is 0 Å². The Labute approximate surface area is 535 Å². The first-order valence-corrected chi connectivity index (χ1v) is 32.7. The fourth-order valence-corrected chi connectivity index (χ4v) is 13.5. The predicted octanol–water partition coefficient (Wildman–Crippen LogP) is 12.2. The lowest BCUT2D eigenvalue weighted by Crippen LogP contribution is -2.43. The molecule has 0 bridgehead atoms. The highest BCUT2D eigenvalue weighted by Crippen LogP contribution is 2.53. The van der Waals surface area contributed by atoms with Gasteiger partial charge in [-0.25, -0.2) is 38.7 Å². The number of hydrogen-bond donors (Lipinski definition) is 3. The van der Waals surface area contributed by atoms with Gasteiger partial charge in [0, 0.05) is 29.9 Å². The standard InChI is InChI=1S/C28H29FN5O7P.C20H20FN5O5.C14H24NOP.2CH4/c1-27(2)39-21-22(40-27)28(29,15-38-42(3,36)37-14-18-10-6-4-7-11-18)41-26(21)34-17-32-20-23(30-16-31-24(20)34)33-25(35)19-12-8-5-9-13-19;1-19(2)29-13-14(30-19)20(21,8-27)31-18(13)26-10-24-12-15(22-9-23-16(12)26)25-17(28)11-6-4-3-5-7-11;1-12(2)15(13(3)4)17(5)16-11-14-9-7-6-8-10-14;;/h4-13,16-17,21-22,26H,14-15H2,1-3H3,(H,30,31,33,35);3-7,9-10,13-14,18,27H,8H2,1-2H3,(H,22,23,25,28);6-10,12-13H,11H2,1-5H3;2*1H4/t21-,22?,26+,28+,42?;13-,14?,18+,20+;;;/m00.../s1. The minimum absolute atomic E-state index is 0. The van der Waals surface area contributed by atoms with Crippen LogP contribution in [-0.4, -0.2) is 147 Å². The zero-order chi connectivity index (χ0) is 64.2. The summed E-state index contributed by atoms with van der Waals surface area (Å²) in [4.78, 5) is 50.8. The average molecular weight is 1310 g/mol. The van der Waals surface area contributed by atoms with Gasteiger partial charge in [0.2, 0.25) is 0 Å². The van der Waals surface area contributed by atoms with Gasteiger partial charge in [-0.15, -0.1) is 0 Å². The molecule has 8 heterocycles. The van der Waals surface area contributed by atoms with Gasteiger partial charge in [-0.05, 0) is 97.4 Å². The Morgan fingerprint density at radius 2 is 1.01 bits per heavy atom. The van der Waals surface area contributed by atoms with Crippen molar-refractivity contribution in [1.82, 2.24) is 43.7 Å². The molecule has 10 atom stereocenters. The summed E-state index contributed by atoms with van der Waals surface area (Å²) in [5, 5.41) is 15.0. The van der Waals surface area contributed by atoms with Crippen molar-refractivity contribution < 1.29 is 70.0 Å². The number of alkyl halides is 2. The number of fused-ring (bicyclic) bond motifs is 4. The molecule has 24 nitrogen and oxygen atoms in total. The summed E-state index contributed by atoms with van der Waals surface area (Å²) in [6.07, 6.45) is -0.925. The van der Waals surface area contributed by atoms with Gasteiger partial charge in [-0.3, -0.25) is 28.0 Å². The topological polar surface area (TPSA) is 269 Å². The molecule has 4 aliphatic rings. The maximum atomic E-state index is 16.5. The van der Waals surface area contributed by atoms with Gasteiger partial charge in [0.1, 0.15) is 46.4 Å². The predicted molar refractivity (Wildman–Crippen MR) is 342 cm³/mol. The maximum Gasteiger partial charge on any atom is 0.328 e. The van der Waals surface area contributed by atoms with E-state index < -0.39 is 89.3 Å². The lowest BCUT2D eigenvalue weighted by Gasteiger charge is -2.35. The van der Waals surface area contributed by atoms with Gasteiger partial charge in [0.15, 0.2) is 70.2 Å². The first-order chi connectivity index (χ1) is 42.9. The average Bonchev–Trinajstić information content (AvgIpc) is 1.58. The van der Waals surface area contributed by atoms with Crippen molar-refractivity contribution in [2.45, 2.75) is 156 Å². The number of ether oxygens (including phenoxy) is 6. The molecule has 3 N–H and O–H groups in total. The van der Waals surface area contributed by atoms with Gasteiger partial charge >= 0.3 is 7.60 Å². The molecule has 8 aromatic rings. The summed E-state index contributed by atoms with van der Waals surface area (Å²) in [7, 11) is -4.20. The van der Waals surface area contributed by atoms with Crippen LogP contribution in [0, 0.1) is 0 Å². The minimum atomic E-state index is -3.68. The number of aliphatic hydroxyl groups is 1. The number of aromatic nitrogens is 8. The lowest BCUT2D eigenvalue weighted by molar-refractivity contribution is -0.264. The van der Waals surface area contributed by atoms with Crippen molar-refractivity contribution in [3.05, 3.63) is 169 Å². The third kappa shape index (κ3) is 16.1. The van der Waals surface area contributed by atoms with E-state index in [0.717, 1.165) is 5.56 Å². The van der Waals surface area contributed by atoms with Crippen LogP contribution >= 0.6 is 15.9 Å². The first kappa shape index (κ1) is 70.9. The summed E-state index contributed by atoms with van der Waals surface area (Å²) in [6.45, 7) is 18.1. The zero-order valence-corrected chi connectivity index (χ0v) is 53.1. The van der Waals surface area contributed by atoms with Crippen LogP contribution in [0.4, 0.5) is 20.4 Å². The molecule has 0 radical (unpaired) electrons. The third-order valence-electron chi connectivity index (χ3n) is 14.8. The SMILES string of the molecule is C.C.CC(C)N(C(C)C)P(C)OCc1ccccc1.CC1(C)OC2[C@H](O1)[C@H](n1cnc3c(NC(=O)c4ccccc4)ncnc31)O[C@]2(F)CO.CC1(C)OC2[C@H](O1)[C@H](n1cnc3c(NC(=O)c4ccccc4)ncnc31)O[C@]2(F)COP(C)(=O)OCc1ccccc1. The van der Waals surface area contributed by atoms with Crippen molar-refractivity contribution in [2.24, 2.45) is 0 Å². The molecule has 4 saturated heterocycles. The van der Waals surface area contributed by atoms with E-state index in [1.165, 1.54) is 46.7 Å². The zero-order valence-electron chi connectivity index (χ0n) is 51.3. The van der Waals surface area contributed by atoms with Gasteiger partial charge in [0.25, 0.3) is 23.5 Å². The van der Waals surface area contributed by atoms with E-state index in [2.05, 4.69) is 104 Å². The summed E-state index contributed by atoms with van der Waals surface area (Å²) >= 11 is 0. The molecule has 4 fully saturated rings. The Bertz CT molecular complexity index is 3780. The number of nitrogens with one attached hydrogen (secondary N) is 2. The van der Waals surface area contributed by atoms with Crippen LogP contribution in [0.2, 0.25) is 0 Å². The van der Waals surface area contributed by atoms with Crippen molar-refractivity contribution in [2.75, 3.05) is 37.2 Å². The first-order valence-electron chi connectivity index (χ1n) is 29.1. The molecule has 28 heteroatoms. The minimum Gasteiger partial charge on any atom is -0.390 e. The molecule has 0 saturated carbocycles. The lowest BCUT2D eigenvalue weighted by atomic mass is 10.1. The molecule has 4 aromatic carbocycles. The van der Waals surface area contributed by atoms with Crippen molar-refractivity contribution in [3.8, 4) is 0 Å². The number of carbonyl (C=O) groups excluding carboxylic acids is 2. The monoisotopic (exact) mass is 1310 g/mol. The second-order valence-corrected chi connectivity index (χ2v) is 26.8. The highest BCUT2D eigenvalue weighted by molar-refractivity contribution is 7.52. The molecule has 0 aliphatic carbocycles. The van der Waals surface area contributed by atoms with E-state index in [1.54, 1.807) is 82.3 Å². The van der Waals surface area contributed by atoms with E-state index in [0.29, 0.717) is 41.0 Å². The molecular formula is C64H81F2N11O13P2. The molecule has 92 heavy (non-hydrogen) atoms. The normalized spacial score (nSPS) is 24.3. The number of nitrogens with zero attached hydrogens (tertiary/aromatic N) is 9. The number of halogens is 2. The van der Waals surface area contributed by atoms with Crippen LogP contribution in [0.1, 0.15) is 115 Å². The van der Waals surface area contributed by atoms with Gasteiger partial charge < -0.3 is 57.7 Å². The molecule has 4 aromatic heterocycles. The van der Waals surface area contributed by atoms with Gasteiger partial charge in [0.05, 0.1) is 25.9 Å². The number of imidazole rings is 2. The van der Waals surface area contributed by atoms with Crippen LogP contribution in [0.25, 0.3) is 22.3 Å². The highest BCUT2D eigenvalue weighted by atomic mass is 31.2. The number of hydrogen-bond acceptors (Lipinski definition) is 20. The van der Waals surface area contributed by atoms with Crippen LogP contribution in [0.5, 0.6) is 0 Å². The Morgan fingerprint density at radius 1 is 0.609 bits per heavy atom. The summed E-state index contributed by atoms with van der Waals surface area (Å²) in [6, 6.07) is 37.9. The number of carbonyl (C=O) groups is 2. The second-order valence-electron chi connectivity index (χ2n) is 23.1.